The summed E-state index contributed by atoms with van der Waals surface area (Å²) in [4.78, 5) is 29.1. The summed E-state index contributed by atoms with van der Waals surface area (Å²) in [6.07, 6.45) is 13.9. The minimum Gasteiger partial charge on any atom is -0.507 e. The first-order chi connectivity index (χ1) is 15.4. The SMILES string of the molecule is CC(=N)c1ccc(O)c(/C=C/C2CCCN2C(=O)C2C=CC(c3ccc(=O)[nH]c3)=CC2)c1. The van der Waals surface area contributed by atoms with E-state index in [-0.39, 0.29) is 29.2 Å². The van der Waals surface area contributed by atoms with Crippen LogP contribution in [0.15, 0.2) is 65.6 Å². The summed E-state index contributed by atoms with van der Waals surface area (Å²) in [6, 6.07) is 8.39. The molecule has 0 radical (unpaired) electrons. The lowest BCUT2D eigenvalue weighted by Crippen LogP contribution is -2.38. The van der Waals surface area contributed by atoms with Gasteiger partial charge in [0.25, 0.3) is 0 Å². The van der Waals surface area contributed by atoms with Gasteiger partial charge in [-0.1, -0.05) is 30.4 Å². The van der Waals surface area contributed by atoms with E-state index in [9.17, 15) is 14.7 Å². The summed E-state index contributed by atoms with van der Waals surface area (Å²) in [5.41, 5.74) is 3.65. The molecule has 2 unspecified atom stereocenters. The van der Waals surface area contributed by atoms with E-state index in [1.54, 1.807) is 37.4 Å². The Balaban J connectivity index is 1.44. The standard InChI is InChI=1S/C26H27N3O3/c1-17(27)20-9-12-24(30)21(15-20)8-11-23-3-2-14-29(23)26(32)19-6-4-18(5-7-19)22-10-13-25(31)28-16-22/h4-6,8-13,15-16,19,23,27,30H,2-3,7,14H2,1H3,(H,28,31)/b11-8+,27-17?. The lowest BCUT2D eigenvalue weighted by Gasteiger charge is -2.27. The summed E-state index contributed by atoms with van der Waals surface area (Å²) in [5, 5.41) is 18.0. The van der Waals surface area contributed by atoms with Crippen LogP contribution >= 0.6 is 0 Å². The number of phenols is 1. The zero-order valence-corrected chi connectivity index (χ0v) is 18.0. The van der Waals surface area contributed by atoms with Gasteiger partial charge in [-0.2, -0.15) is 0 Å². The maximum Gasteiger partial charge on any atom is 0.247 e. The molecule has 1 saturated heterocycles. The second-order valence-electron chi connectivity index (χ2n) is 8.30. The third-order valence-corrected chi connectivity index (χ3v) is 6.08. The van der Waals surface area contributed by atoms with Gasteiger partial charge in [0, 0.05) is 30.1 Å². The van der Waals surface area contributed by atoms with Crippen molar-refractivity contribution >= 4 is 23.3 Å². The first-order valence-electron chi connectivity index (χ1n) is 10.9. The summed E-state index contributed by atoms with van der Waals surface area (Å²) in [5.74, 6) is 0.0727. The highest BCUT2D eigenvalue weighted by Gasteiger charge is 2.31. The Bertz CT molecular complexity index is 1170. The first kappa shape index (κ1) is 21.6. The number of hydrogen-bond acceptors (Lipinski definition) is 4. The number of H-pyrrole nitrogens is 1. The summed E-state index contributed by atoms with van der Waals surface area (Å²) < 4.78 is 0. The molecule has 0 saturated carbocycles. The highest BCUT2D eigenvalue weighted by Crippen LogP contribution is 2.29. The van der Waals surface area contributed by atoms with Crippen molar-refractivity contribution in [3.8, 4) is 5.75 Å². The van der Waals surface area contributed by atoms with Crippen LogP contribution in [0.3, 0.4) is 0 Å². The molecule has 1 aliphatic heterocycles. The van der Waals surface area contributed by atoms with Gasteiger partial charge >= 0.3 is 0 Å². The summed E-state index contributed by atoms with van der Waals surface area (Å²) in [6.45, 7) is 2.44. The van der Waals surface area contributed by atoms with Gasteiger partial charge in [0.2, 0.25) is 11.5 Å². The Hall–Kier alpha value is -3.67. The number of likely N-dealkylation sites (tertiary alicyclic amines) is 1. The molecule has 4 rings (SSSR count). The van der Waals surface area contributed by atoms with E-state index in [0.717, 1.165) is 36.1 Å². The molecule has 1 aromatic heterocycles. The van der Waals surface area contributed by atoms with Gasteiger partial charge in [0.1, 0.15) is 5.75 Å². The van der Waals surface area contributed by atoms with Gasteiger partial charge in [-0.15, -0.1) is 0 Å². The number of carbonyl (C=O) groups is 1. The van der Waals surface area contributed by atoms with Crippen LogP contribution in [0.2, 0.25) is 0 Å². The Labute approximate surface area is 187 Å². The molecule has 6 nitrogen and oxygen atoms in total. The van der Waals surface area contributed by atoms with E-state index in [0.29, 0.717) is 17.7 Å². The number of aromatic hydroxyl groups is 1. The molecule has 1 amide bonds. The predicted molar refractivity (Wildman–Crippen MR) is 127 cm³/mol. The molecule has 6 heteroatoms. The van der Waals surface area contributed by atoms with Crippen molar-refractivity contribution in [2.24, 2.45) is 5.92 Å². The molecule has 3 N–H and O–H groups in total. The van der Waals surface area contributed by atoms with Crippen LogP contribution in [0, 0.1) is 11.3 Å². The van der Waals surface area contributed by atoms with Crippen LogP contribution < -0.4 is 5.56 Å². The second-order valence-corrected chi connectivity index (χ2v) is 8.30. The van der Waals surface area contributed by atoms with Gasteiger partial charge in [-0.25, -0.2) is 0 Å². The maximum absolute atomic E-state index is 13.2. The van der Waals surface area contributed by atoms with Crippen molar-refractivity contribution in [3.63, 3.8) is 0 Å². The van der Waals surface area contributed by atoms with Gasteiger partial charge in [0.05, 0.1) is 12.0 Å². The number of nitrogens with one attached hydrogen (secondary N) is 2. The molecule has 2 aliphatic rings. The molecule has 2 atom stereocenters. The minimum absolute atomic E-state index is 0.00962. The second kappa shape index (κ2) is 9.22. The number of phenolic OH excluding ortho intramolecular Hbond substituents is 1. The Morgan fingerprint density at radius 3 is 2.81 bits per heavy atom. The van der Waals surface area contributed by atoms with Crippen molar-refractivity contribution < 1.29 is 9.90 Å². The largest absolute Gasteiger partial charge is 0.507 e. The highest BCUT2D eigenvalue weighted by atomic mass is 16.3. The fraction of sp³-hybridized carbons (Fsp3) is 0.269. The lowest BCUT2D eigenvalue weighted by atomic mass is 9.92. The fourth-order valence-electron chi connectivity index (χ4n) is 4.22. The van der Waals surface area contributed by atoms with Crippen molar-refractivity contribution in [1.82, 2.24) is 9.88 Å². The number of rotatable bonds is 5. The zero-order valence-electron chi connectivity index (χ0n) is 18.0. The van der Waals surface area contributed by atoms with Crippen LogP contribution in [-0.4, -0.2) is 39.2 Å². The molecular formula is C26H27N3O3. The molecule has 1 aromatic carbocycles. The molecule has 1 aliphatic carbocycles. The Kier molecular flexibility index (Phi) is 6.21. The molecule has 0 bridgehead atoms. The molecule has 2 heterocycles. The molecule has 0 spiro atoms. The van der Waals surface area contributed by atoms with Crippen LogP contribution in [0.5, 0.6) is 5.75 Å². The van der Waals surface area contributed by atoms with E-state index in [1.165, 1.54) is 6.07 Å². The van der Waals surface area contributed by atoms with Crippen molar-refractivity contribution in [2.75, 3.05) is 6.54 Å². The molecular weight excluding hydrogens is 402 g/mol. The van der Waals surface area contributed by atoms with Gasteiger partial charge in [-0.3, -0.25) is 9.59 Å². The Morgan fingerprint density at radius 2 is 2.12 bits per heavy atom. The third kappa shape index (κ3) is 4.64. The average Bonchev–Trinajstić information content (AvgIpc) is 3.27. The fourth-order valence-corrected chi connectivity index (χ4v) is 4.22. The smallest absolute Gasteiger partial charge is 0.247 e. The van der Waals surface area contributed by atoms with Crippen LogP contribution in [0.1, 0.15) is 42.9 Å². The summed E-state index contributed by atoms with van der Waals surface area (Å²) in [7, 11) is 0. The number of hydrogen-bond donors (Lipinski definition) is 3. The Morgan fingerprint density at radius 1 is 1.28 bits per heavy atom. The maximum atomic E-state index is 13.2. The summed E-state index contributed by atoms with van der Waals surface area (Å²) >= 11 is 0. The van der Waals surface area contributed by atoms with Crippen molar-refractivity contribution in [3.05, 3.63) is 87.9 Å². The van der Waals surface area contributed by atoms with Crippen molar-refractivity contribution in [2.45, 2.75) is 32.2 Å². The first-order valence-corrected chi connectivity index (χ1v) is 10.9. The number of aromatic nitrogens is 1. The number of carbonyl (C=O) groups excluding carboxylic acids is 1. The van der Waals surface area contributed by atoms with E-state index in [4.69, 9.17) is 5.41 Å². The molecule has 32 heavy (non-hydrogen) atoms. The average molecular weight is 430 g/mol. The number of pyridine rings is 1. The third-order valence-electron chi connectivity index (χ3n) is 6.08. The van der Waals surface area contributed by atoms with Gasteiger partial charge in [0.15, 0.2) is 0 Å². The number of amides is 1. The number of aromatic amines is 1. The van der Waals surface area contributed by atoms with Gasteiger partial charge in [-0.05, 0) is 67.2 Å². The zero-order chi connectivity index (χ0) is 22.7. The quantitative estimate of drug-likeness (QED) is 0.624. The van der Waals surface area contributed by atoms with Crippen LogP contribution in [-0.2, 0) is 4.79 Å². The van der Waals surface area contributed by atoms with Gasteiger partial charge < -0.3 is 20.4 Å². The topological polar surface area (TPSA) is 97.2 Å². The highest BCUT2D eigenvalue weighted by molar-refractivity contribution is 5.97. The van der Waals surface area contributed by atoms with E-state index in [1.807, 2.05) is 35.3 Å². The monoisotopic (exact) mass is 429 g/mol. The van der Waals surface area contributed by atoms with E-state index < -0.39 is 0 Å². The van der Waals surface area contributed by atoms with Crippen LogP contribution in [0.25, 0.3) is 11.6 Å². The normalized spacial score (nSPS) is 20.5. The minimum atomic E-state index is -0.201. The van der Waals surface area contributed by atoms with Crippen molar-refractivity contribution in [1.29, 1.82) is 5.41 Å². The molecule has 2 aromatic rings. The van der Waals surface area contributed by atoms with Crippen LogP contribution in [0.4, 0.5) is 0 Å². The predicted octanol–water partition coefficient (Wildman–Crippen LogP) is 4.13. The number of benzene rings is 1. The number of allylic oxidation sites excluding steroid dienone is 3. The lowest BCUT2D eigenvalue weighted by molar-refractivity contribution is -0.134. The number of nitrogens with zero attached hydrogens (tertiary/aromatic N) is 1. The molecule has 164 valence electrons. The van der Waals surface area contributed by atoms with E-state index >= 15 is 0 Å². The molecule has 1 fully saturated rings. The van der Waals surface area contributed by atoms with E-state index in [2.05, 4.69) is 4.98 Å².